The van der Waals surface area contributed by atoms with Crippen LogP contribution in [0.5, 0.6) is 5.75 Å². The van der Waals surface area contributed by atoms with Crippen LogP contribution in [0.15, 0.2) is 48.5 Å². The molecule has 26 heavy (non-hydrogen) atoms. The quantitative estimate of drug-likeness (QED) is 0.589. The van der Waals surface area contributed by atoms with E-state index in [1.165, 1.54) is 12.0 Å². The van der Waals surface area contributed by atoms with Crippen molar-refractivity contribution in [2.75, 3.05) is 14.2 Å². The molecule has 1 aliphatic heterocycles. The number of carbonyl (C=O) groups is 3. The number of methoxy groups -OCH3 is 2. The maximum atomic E-state index is 12.7. The molecule has 2 amide bonds. The lowest BCUT2D eigenvalue weighted by Crippen LogP contribution is -2.42. The summed E-state index contributed by atoms with van der Waals surface area (Å²) < 4.78 is 9.89. The van der Waals surface area contributed by atoms with E-state index in [1.54, 1.807) is 43.5 Å². The Bertz CT molecular complexity index is 809. The number of hydrogen-bond acceptors (Lipinski definition) is 5. The molecule has 0 radical (unpaired) electrons. The van der Waals surface area contributed by atoms with Gasteiger partial charge in [-0.25, -0.2) is 0 Å². The number of esters is 1. The van der Waals surface area contributed by atoms with Gasteiger partial charge in [0.25, 0.3) is 11.8 Å². The first-order chi connectivity index (χ1) is 12.5. The molecule has 0 spiro atoms. The van der Waals surface area contributed by atoms with E-state index in [2.05, 4.69) is 0 Å². The summed E-state index contributed by atoms with van der Waals surface area (Å²) >= 11 is 0. The molecule has 2 aromatic rings. The van der Waals surface area contributed by atoms with E-state index < -0.39 is 12.0 Å². The first kappa shape index (κ1) is 17.7. The van der Waals surface area contributed by atoms with Crippen LogP contribution in [0.1, 0.15) is 32.7 Å². The van der Waals surface area contributed by atoms with Gasteiger partial charge in [-0.1, -0.05) is 24.3 Å². The van der Waals surface area contributed by atoms with E-state index in [1.807, 2.05) is 12.1 Å². The average molecular weight is 353 g/mol. The van der Waals surface area contributed by atoms with Gasteiger partial charge in [0.05, 0.1) is 37.8 Å². The molecular formula is C20H19NO5. The molecule has 2 aromatic carbocycles. The largest absolute Gasteiger partial charge is 0.497 e. The fourth-order valence-corrected chi connectivity index (χ4v) is 3.10. The Morgan fingerprint density at radius 2 is 1.54 bits per heavy atom. The van der Waals surface area contributed by atoms with Crippen LogP contribution in [0.4, 0.5) is 0 Å². The van der Waals surface area contributed by atoms with Crippen LogP contribution < -0.4 is 4.74 Å². The lowest BCUT2D eigenvalue weighted by molar-refractivity contribution is -0.141. The molecule has 0 unspecified atom stereocenters. The molecule has 0 N–H and O–H groups in total. The van der Waals surface area contributed by atoms with Crippen molar-refractivity contribution < 1.29 is 23.9 Å². The van der Waals surface area contributed by atoms with Crippen LogP contribution >= 0.6 is 0 Å². The Morgan fingerprint density at radius 1 is 0.962 bits per heavy atom. The van der Waals surface area contributed by atoms with Gasteiger partial charge in [-0.05, 0) is 36.2 Å². The van der Waals surface area contributed by atoms with E-state index in [0.717, 1.165) is 5.56 Å². The van der Waals surface area contributed by atoms with Gasteiger partial charge in [0.2, 0.25) is 0 Å². The second-order valence-electron chi connectivity index (χ2n) is 6.01. The predicted octanol–water partition coefficient (Wildman–Crippen LogP) is 2.47. The summed E-state index contributed by atoms with van der Waals surface area (Å²) in [6.07, 6.45) is 0.290. The van der Waals surface area contributed by atoms with E-state index in [0.29, 0.717) is 23.3 Å². The minimum absolute atomic E-state index is 0.0615. The summed E-state index contributed by atoms with van der Waals surface area (Å²) in [4.78, 5) is 38.5. The third-order valence-corrected chi connectivity index (χ3v) is 4.45. The SMILES string of the molecule is COC(=O)C[C@@H](Cc1ccc(OC)cc1)N1C(=O)c2ccccc2C1=O. The molecule has 0 saturated heterocycles. The van der Waals surface area contributed by atoms with Gasteiger partial charge >= 0.3 is 5.97 Å². The van der Waals surface area contributed by atoms with Gasteiger partial charge in [0.1, 0.15) is 5.75 Å². The van der Waals surface area contributed by atoms with Crippen molar-refractivity contribution in [3.05, 3.63) is 65.2 Å². The molecule has 6 nitrogen and oxygen atoms in total. The number of fused-ring (bicyclic) bond motifs is 1. The number of amides is 2. The van der Waals surface area contributed by atoms with Crippen molar-refractivity contribution >= 4 is 17.8 Å². The Hall–Kier alpha value is -3.15. The van der Waals surface area contributed by atoms with Crippen molar-refractivity contribution in [1.29, 1.82) is 0 Å². The Morgan fingerprint density at radius 3 is 2.04 bits per heavy atom. The highest BCUT2D eigenvalue weighted by molar-refractivity contribution is 6.21. The molecule has 3 rings (SSSR count). The molecule has 1 aliphatic rings. The smallest absolute Gasteiger partial charge is 0.307 e. The maximum absolute atomic E-state index is 12.7. The van der Waals surface area contributed by atoms with E-state index in [9.17, 15) is 14.4 Å². The van der Waals surface area contributed by atoms with Crippen molar-refractivity contribution in [3.63, 3.8) is 0 Å². The third-order valence-electron chi connectivity index (χ3n) is 4.45. The summed E-state index contributed by atoms with van der Waals surface area (Å²) in [5.74, 6) is -0.528. The van der Waals surface area contributed by atoms with Crippen LogP contribution in [-0.2, 0) is 16.0 Å². The summed E-state index contributed by atoms with van der Waals surface area (Å²) in [6.45, 7) is 0. The Labute approximate surface area is 151 Å². The molecule has 0 bridgehead atoms. The second kappa shape index (κ2) is 7.39. The summed E-state index contributed by atoms with van der Waals surface area (Å²) in [5, 5.41) is 0. The average Bonchev–Trinajstić information content (AvgIpc) is 2.92. The lowest BCUT2D eigenvalue weighted by atomic mass is 10.0. The first-order valence-corrected chi connectivity index (χ1v) is 8.21. The van der Waals surface area contributed by atoms with Crippen LogP contribution in [0.25, 0.3) is 0 Å². The molecule has 0 fully saturated rings. The molecule has 0 saturated carbocycles. The van der Waals surface area contributed by atoms with Gasteiger partial charge in [0, 0.05) is 0 Å². The van der Waals surface area contributed by atoms with E-state index >= 15 is 0 Å². The monoisotopic (exact) mass is 353 g/mol. The first-order valence-electron chi connectivity index (χ1n) is 8.21. The van der Waals surface area contributed by atoms with Crippen molar-refractivity contribution in [1.82, 2.24) is 4.90 Å². The molecule has 6 heteroatoms. The highest BCUT2D eigenvalue weighted by Gasteiger charge is 2.40. The van der Waals surface area contributed by atoms with Gasteiger partial charge in [0.15, 0.2) is 0 Å². The Kier molecular flexibility index (Phi) is 5.02. The fourth-order valence-electron chi connectivity index (χ4n) is 3.10. The van der Waals surface area contributed by atoms with Crippen molar-refractivity contribution in [2.45, 2.75) is 18.9 Å². The standard InChI is InChI=1S/C20H19NO5/c1-25-15-9-7-13(8-10-15)11-14(12-18(22)26-2)21-19(23)16-5-3-4-6-17(16)20(21)24/h3-10,14H,11-12H2,1-2H3/t14-/m1/s1. The minimum Gasteiger partial charge on any atom is -0.497 e. The van der Waals surface area contributed by atoms with Crippen LogP contribution in [0.3, 0.4) is 0 Å². The summed E-state index contributed by atoms with van der Waals surface area (Å²) in [7, 11) is 2.86. The second-order valence-corrected chi connectivity index (χ2v) is 6.01. The number of imide groups is 1. The zero-order chi connectivity index (χ0) is 18.7. The number of nitrogens with zero attached hydrogens (tertiary/aromatic N) is 1. The molecular weight excluding hydrogens is 334 g/mol. The van der Waals surface area contributed by atoms with E-state index in [4.69, 9.17) is 9.47 Å². The molecule has 1 heterocycles. The topological polar surface area (TPSA) is 72.9 Å². The van der Waals surface area contributed by atoms with E-state index in [-0.39, 0.29) is 18.2 Å². The Balaban J connectivity index is 1.90. The fraction of sp³-hybridized carbons (Fsp3) is 0.250. The number of hydrogen-bond donors (Lipinski definition) is 0. The van der Waals surface area contributed by atoms with Crippen LogP contribution in [0.2, 0.25) is 0 Å². The molecule has 134 valence electrons. The van der Waals surface area contributed by atoms with Gasteiger partial charge in [-0.15, -0.1) is 0 Å². The zero-order valence-electron chi connectivity index (χ0n) is 14.6. The zero-order valence-corrected chi connectivity index (χ0v) is 14.6. The minimum atomic E-state index is -0.622. The predicted molar refractivity (Wildman–Crippen MR) is 94.1 cm³/mol. The van der Waals surface area contributed by atoms with Gasteiger partial charge < -0.3 is 9.47 Å². The highest BCUT2D eigenvalue weighted by Crippen LogP contribution is 2.27. The highest BCUT2D eigenvalue weighted by atomic mass is 16.5. The maximum Gasteiger partial charge on any atom is 0.307 e. The number of ether oxygens (including phenoxy) is 2. The normalized spacial score (nSPS) is 14.2. The van der Waals surface area contributed by atoms with Crippen molar-refractivity contribution in [3.8, 4) is 5.75 Å². The molecule has 0 aliphatic carbocycles. The number of rotatable bonds is 6. The number of carbonyl (C=O) groups excluding carboxylic acids is 3. The van der Waals surface area contributed by atoms with Crippen LogP contribution in [0, 0.1) is 0 Å². The molecule has 1 atom stereocenters. The third kappa shape index (κ3) is 3.31. The summed E-state index contributed by atoms with van der Waals surface area (Å²) in [6, 6.07) is 13.3. The van der Waals surface area contributed by atoms with Gasteiger partial charge in [-0.3, -0.25) is 19.3 Å². The summed E-state index contributed by atoms with van der Waals surface area (Å²) in [5.41, 5.74) is 1.61. The van der Waals surface area contributed by atoms with Crippen molar-refractivity contribution in [2.24, 2.45) is 0 Å². The van der Waals surface area contributed by atoms with Gasteiger partial charge in [-0.2, -0.15) is 0 Å². The lowest BCUT2D eigenvalue weighted by Gasteiger charge is -2.25. The van der Waals surface area contributed by atoms with Crippen LogP contribution in [-0.4, -0.2) is 42.9 Å². The number of benzene rings is 2. The molecule has 0 aromatic heterocycles.